The largest absolute Gasteiger partial charge is 0.325 e. The van der Waals surface area contributed by atoms with E-state index in [4.69, 9.17) is 16.9 Å². The number of halogens is 1. The monoisotopic (exact) mass is 222 g/mol. The predicted octanol–water partition coefficient (Wildman–Crippen LogP) is 1.95. The van der Waals surface area contributed by atoms with Gasteiger partial charge in [0.2, 0.25) is 5.91 Å². The van der Waals surface area contributed by atoms with Crippen molar-refractivity contribution in [3.8, 4) is 6.07 Å². The maximum Gasteiger partial charge on any atom is 0.238 e. The molecule has 0 aromatic heterocycles. The average molecular weight is 223 g/mol. The predicted molar refractivity (Wildman–Crippen MR) is 58.3 cm³/mol. The lowest BCUT2D eigenvalue weighted by Crippen LogP contribution is -2.31. The molecule has 1 rings (SSSR count). The number of hydrogen-bond donors (Lipinski definition) is 0. The van der Waals surface area contributed by atoms with Crippen LogP contribution in [0.25, 0.3) is 0 Å². The zero-order valence-electron chi connectivity index (χ0n) is 8.35. The van der Waals surface area contributed by atoms with Crippen LogP contribution in [0.1, 0.15) is 11.6 Å². The van der Waals surface area contributed by atoms with E-state index in [1.54, 1.807) is 7.05 Å². The van der Waals surface area contributed by atoms with Gasteiger partial charge in [-0.15, -0.1) is 11.6 Å². The molecule has 78 valence electrons. The summed E-state index contributed by atoms with van der Waals surface area (Å²) in [6, 6.07) is 10.7. The fourth-order valence-electron chi connectivity index (χ4n) is 1.26. The number of carbonyl (C=O) groups is 1. The third-order valence-corrected chi connectivity index (χ3v) is 2.36. The molecule has 1 amide bonds. The summed E-state index contributed by atoms with van der Waals surface area (Å²) in [6.07, 6.45) is 0. The molecule has 3 nitrogen and oxygen atoms in total. The van der Waals surface area contributed by atoms with Gasteiger partial charge in [-0.1, -0.05) is 30.3 Å². The normalized spacial score (nSPS) is 11.5. The van der Waals surface area contributed by atoms with E-state index in [2.05, 4.69) is 6.07 Å². The highest BCUT2D eigenvalue weighted by atomic mass is 35.5. The summed E-state index contributed by atoms with van der Waals surface area (Å²) in [6.45, 7) is 0. The SMILES string of the molecule is CN(C(=O)CCl)C(C#N)c1ccccc1. The van der Waals surface area contributed by atoms with Crippen molar-refractivity contribution in [1.29, 1.82) is 5.26 Å². The molecule has 0 saturated carbocycles. The topological polar surface area (TPSA) is 44.1 Å². The quantitative estimate of drug-likeness (QED) is 0.734. The summed E-state index contributed by atoms with van der Waals surface area (Å²) >= 11 is 5.43. The van der Waals surface area contributed by atoms with E-state index < -0.39 is 6.04 Å². The molecule has 0 heterocycles. The first-order valence-corrected chi connectivity index (χ1v) is 5.00. The van der Waals surface area contributed by atoms with Gasteiger partial charge < -0.3 is 4.90 Å². The van der Waals surface area contributed by atoms with E-state index in [1.807, 2.05) is 30.3 Å². The summed E-state index contributed by atoms with van der Waals surface area (Å²) in [7, 11) is 1.58. The highest BCUT2D eigenvalue weighted by molar-refractivity contribution is 6.27. The van der Waals surface area contributed by atoms with Gasteiger partial charge in [0.15, 0.2) is 0 Å². The molecular formula is C11H11ClN2O. The Balaban J connectivity index is 2.91. The van der Waals surface area contributed by atoms with E-state index >= 15 is 0 Å². The minimum atomic E-state index is -0.572. The van der Waals surface area contributed by atoms with Crippen molar-refractivity contribution in [2.45, 2.75) is 6.04 Å². The summed E-state index contributed by atoms with van der Waals surface area (Å²) in [5.74, 6) is -0.367. The highest BCUT2D eigenvalue weighted by Gasteiger charge is 2.19. The fraction of sp³-hybridized carbons (Fsp3) is 0.273. The summed E-state index contributed by atoms with van der Waals surface area (Å²) < 4.78 is 0. The maximum absolute atomic E-state index is 11.3. The van der Waals surface area contributed by atoms with E-state index in [0.717, 1.165) is 5.56 Å². The molecular weight excluding hydrogens is 212 g/mol. The van der Waals surface area contributed by atoms with Gasteiger partial charge >= 0.3 is 0 Å². The second kappa shape index (κ2) is 5.38. The van der Waals surface area contributed by atoms with Gasteiger partial charge in [-0.3, -0.25) is 4.79 Å². The van der Waals surface area contributed by atoms with Crippen molar-refractivity contribution in [3.05, 3.63) is 35.9 Å². The van der Waals surface area contributed by atoms with Crippen LogP contribution < -0.4 is 0 Å². The van der Waals surface area contributed by atoms with Gasteiger partial charge in [0.05, 0.1) is 6.07 Å². The molecule has 4 heteroatoms. The van der Waals surface area contributed by atoms with Crippen LogP contribution >= 0.6 is 11.6 Å². The number of hydrogen-bond acceptors (Lipinski definition) is 2. The lowest BCUT2D eigenvalue weighted by atomic mass is 10.1. The molecule has 0 aliphatic rings. The Bertz CT molecular complexity index is 372. The number of nitriles is 1. The van der Waals surface area contributed by atoms with E-state index in [1.165, 1.54) is 4.90 Å². The number of benzene rings is 1. The van der Waals surface area contributed by atoms with Crippen molar-refractivity contribution < 1.29 is 4.79 Å². The van der Waals surface area contributed by atoms with Crippen molar-refractivity contribution in [3.63, 3.8) is 0 Å². The third-order valence-electron chi connectivity index (χ3n) is 2.13. The molecule has 0 radical (unpaired) electrons. The smallest absolute Gasteiger partial charge is 0.238 e. The van der Waals surface area contributed by atoms with Gasteiger partial charge in [-0.2, -0.15) is 5.26 Å². The van der Waals surface area contributed by atoms with E-state index in [0.29, 0.717) is 0 Å². The Morgan fingerprint density at radius 2 is 2.13 bits per heavy atom. The standard InChI is InChI=1S/C11H11ClN2O/c1-14(11(15)7-12)10(8-13)9-5-3-2-4-6-9/h2-6,10H,7H2,1H3. The minimum Gasteiger partial charge on any atom is -0.325 e. The van der Waals surface area contributed by atoms with Crippen LogP contribution in [0.5, 0.6) is 0 Å². The Morgan fingerprint density at radius 1 is 1.53 bits per heavy atom. The zero-order chi connectivity index (χ0) is 11.3. The summed E-state index contributed by atoms with van der Waals surface area (Å²) in [5, 5.41) is 9.01. The van der Waals surface area contributed by atoms with Gasteiger partial charge in [-0.05, 0) is 5.56 Å². The average Bonchev–Trinajstić information content (AvgIpc) is 2.30. The third kappa shape index (κ3) is 2.71. The lowest BCUT2D eigenvalue weighted by Gasteiger charge is -2.21. The molecule has 0 aliphatic carbocycles. The number of nitrogens with zero attached hydrogens (tertiary/aromatic N) is 2. The molecule has 15 heavy (non-hydrogen) atoms. The van der Waals surface area contributed by atoms with Crippen molar-refractivity contribution in [2.24, 2.45) is 0 Å². The van der Waals surface area contributed by atoms with Gasteiger partial charge in [0, 0.05) is 7.05 Å². The Morgan fingerprint density at radius 3 is 2.60 bits per heavy atom. The number of amides is 1. The maximum atomic E-state index is 11.3. The van der Waals surface area contributed by atoms with Crippen LogP contribution in [0.15, 0.2) is 30.3 Å². The lowest BCUT2D eigenvalue weighted by molar-refractivity contribution is -0.128. The molecule has 1 atom stereocenters. The van der Waals surface area contributed by atoms with Gasteiger partial charge in [-0.25, -0.2) is 0 Å². The molecule has 0 saturated heterocycles. The van der Waals surface area contributed by atoms with Crippen LogP contribution in [-0.4, -0.2) is 23.7 Å². The van der Waals surface area contributed by atoms with Crippen LogP contribution in [-0.2, 0) is 4.79 Å². The summed E-state index contributed by atoms with van der Waals surface area (Å²) in [5.41, 5.74) is 0.793. The molecule has 1 aromatic rings. The molecule has 1 aromatic carbocycles. The van der Waals surface area contributed by atoms with E-state index in [-0.39, 0.29) is 11.8 Å². The molecule has 0 aliphatic heterocycles. The first kappa shape index (κ1) is 11.5. The first-order chi connectivity index (χ1) is 7.20. The number of carbonyl (C=O) groups excluding carboxylic acids is 1. The van der Waals surface area contributed by atoms with Gasteiger partial charge in [0.1, 0.15) is 11.9 Å². The fourth-order valence-corrected chi connectivity index (χ4v) is 1.45. The van der Waals surface area contributed by atoms with Gasteiger partial charge in [0.25, 0.3) is 0 Å². The van der Waals surface area contributed by atoms with Crippen molar-refractivity contribution in [1.82, 2.24) is 4.90 Å². The second-order valence-corrected chi connectivity index (χ2v) is 3.35. The number of rotatable bonds is 3. The molecule has 0 N–H and O–H groups in total. The molecule has 0 spiro atoms. The Labute approximate surface area is 93.9 Å². The van der Waals surface area contributed by atoms with Crippen molar-refractivity contribution in [2.75, 3.05) is 12.9 Å². The highest BCUT2D eigenvalue weighted by Crippen LogP contribution is 2.18. The van der Waals surface area contributed by atoms with Crippen LogP contribution in [0.3, 0.4) is 0 Å². The Hall–Kier alpha value is -1.53. The Kier molecular flexibility index (Phi) is 4.14. The molecule has 1 unspecified atom stereocenters. The molecule has 0 bridgehead atoms. The van der Waals surface area contributed by atoms with Crippen LogP contribution in [0.4, 0.5) is 0 Å². The second-order valence-electron chi connectivity index (χ2n) is 3.08. The van der Waals surface area contributed by atoms with E-state index in [9.17, 15) is 4.79 Å². The minimum absolute atomic E-state index is 0.110. The van der Waals surface area contributed by atoms with Crippen LogP contribution in [0.2, 0.25) is 0 Å². The van der Waals surface area contributed by atoms with Crippen LogP contribution in [0, 0.1) is 11.3 Å². The zero-order valence-corrected chi connectivity index (χ0v) is 9.11. The number of alkyl halides is 1. The van der Waals surface area contributed by atoms with Crippen molar-refractivity contribution >= 4 is 17.5 Å². The summed E-state index contributed by atoms with van der Waals surface area (Å²) in [4.78, 5) is 12.7. The first-order valence-electron chi connectivity index (χ1n) is 4.47. The molecule has 0 fully saturated rings.